The van der Waals surface area contributed by atoms with Crippen LogP contribution < -0.4 is 80.6 Å². The second-order valence-corrected chi connectivity index (χ2v) is 31.6. The molecule has 2 saturated heterocycles. The molecule has 33 nitrogen and oxygen atoms in total. The number of aliphatic hydroxyl groups excluding tert-OH is 2. The summed E-state index contributed by atoms with van der Waals surface area (Å²) in [5, 5.41) is 78.5. The number of aliphatic carboxylic acids is 1. The molecule has 22 N–H and O–H groups in total. The number of carboxylic acid groups (broad SMARTS) is 1. The van der Waals surface area contributed by atoms with E-state index >= 15 is 28.8 Å². The molecule has 6 aromatic rings. The Labute approximate surface area is 679 Å². The molecule has 624 valence electrons. The Morgan fingerprint density at radius 1 is 0.526 bits per heavy atom. The van der Waals surface area contributed by atoms with Gasteiger partial charge in [-0.25, -0.2) is 4.79 Å². The highest BCUT2D eigenvalue weighted by Crippen LogP contribution is 2.25. The average molecular weight is 1640 g/mol. The van der Waals surface area contributed by atoms with Crippen molar-refractivity contribution in [2.45, 2.75) is 195 Å². The summed E-state index contributed by atoms with van der Waals surface area (Å²) in [5.74, 6) is -14.2. The number of carboxylic acids is 1. The molecule has 0 unspecified atom stereocenters. The zero-order chi connectivity index (χ0) is 83.8. The monoisotopic (exact) mass is 1640 g/mol. The van der Waals surface area contributed by atoms with E-state index in [4.69, 9.17) is 11.5 Å². The number of nitrogens with one attached hydrogen (secondary N) is 14. The van der Waals surface area contributed by atoms with Crippen molar-refractivity contribution in [3.8, 4) is 5.75 Å². The first-order valence-electron chi connectivity index (χ1n) is 38.7. The number of hydrogen-bond acceptors (Lipinski definition) is 21. The first-order valence-corrected chi connectivity index (χ1v) is 41.2. The smallest absolute Gasteiger partial charge is 0.327 e. The van der Waals surface area contributed by atoms with Crippen molar-refractivity contribution in [2.75, 3.05) is 31.2 Å². The number of fused-ring (bicyclic) bond motifs is 10. The molecule has 116 heavy (non-hydrogen) atoms. The van der Waals surface area contributed by atoms with Crippen LogP contribution >= 0.6 is 21.6 Å². The maximum Gasteiger partial charge on any atom is 0.327 e. The minimum Gasteiger partial charge on any atom is -0.508 e. The summed E-state index contributed by atoms with van der Waals surface area (Å²) >= 11 is 0. The highest BCUT2D eigenvalue weighted by Gasteiger charge is 2.39. The van der Waals surface area contributed by atoms with E-state index in [1.807, 2.05) is 26.0 Å². The van der Waals surface area contributed by atoms with Crippen LogP contribution in [0.1, 0.15) is 106 Å². The van der Waals surface area contributed by atoms with Gasteiger partial charge in [-0.15, -0.1) is 0 Å². The van der Waals surface area contributed by atoms with Gasteiger partial charge in [0.2, 0.25) is 70.9 Å². The fraction of sp³-hybridized carbons (Fsp3) is 0.444. The van der Waals surface area contributed by atoms with Crippen LogP contribution in [0, 0.1) is 0 Å². The van der Waals surface area contributed by atoms with E-state index in [-0.39, 0.29) is 94.8 Å². The third-order valence-electron chi connectivity index (χ3n) is 19.5. The normalized spacial score (nSPS) is 23.5. The molecule has 5 aromatic carbocycles. The van der Waals surface area contributed by atoms with Crippen LogP contribution in [0.3, 0.4) is 0 Å². The molecule has 2 fully saturated rings. The standard InChI is InChI=1S/C81H106N16O17S2/c1-46(2)85-41-52-26-24-51(25-27-52)39-63-77(109)97-69(47(3)99)80(112)93-62(38-49-18-8-5-9-19-49)75(107)87-59-23-13-15-35-84-68(101)33-32-60(73(105)92-64(76(108)91-63)40-53-42-86-57-21-11-10-20-55(53)57)89-74(106)61(37-48-16-6-4-7-17-48)90-71(103)58(22-12-14-34-82)88-79(111)66(95-70(102)56(83)36-50-28-30-54(100)31-29-50)44-115-116-45-67(81(113)114)96-78(110)65(43-98)94-72(59)104/h4-11,16-21,24-31,42,46-47,56,58-67,69,85-86,98-100H,12-15,22-23,32-41,43-45,82-83H2,1-3H3,(H,84,101)(H,87,107)(H,88,111)(H,89,106)(H,90,103)(H,91,108)(H,92,105)(H,93,112)(H,94,104)(H,95,102)(H,96,110)(H,97,109)(H,113,114)/t47-,56+,58+,59+,60+,61+,62+,63+,64-,65+,66+,67+,69-/m1/s1. The molecule has 0 aliphatic carbocycles. The molecule has 0 radical (unpaired) electrons. The lowest BCUT2D eigenvalue weighted by Gasteiger charge is -2.29. The lowest BCUT2D eigenvalue weighted by atomic mass is 9.99. The van der Waals surface area contributed by atoms with Crippen molar-refractivity contribution in [3.63, 3.8) is 0 Å². The van der Waals surface area contributed by atoms with Crippen molar-refractivity contribution in [2.24, 2.45) is 11.5 Å². The Hall–Kier alpha value is -11.0. The van der Waals surface area contributed by atoms with Crippen LogP contribution in [0.5, 0.6) is 5.75 Å². The Kier molecular flexibility index (Phi) is 35.9. The SMILES string of the molecule is CC(C)NCc1ccc(C[C@@H]2NC(=O)[C@@H](Cc3c[nH]c4ccccc34)NC(=O)[C@@H]3CCC(=O)NCCCC[C@H](NC(=O)[C@H](Cc4ccccc4)NC(=O)[C@@H]([C@@H](C)O)NC2=O)C(=O)N[C@@H](CO)C(=O)N[C@H](C(=O)O)CSSC[C@H](NC(=O)[C@@H](N)Cc2ccc(O)cc2)C(=O)N[C@@H](CCCCN)C(=O)N[C@@H](Cc2ccccc2)C(=O)N3)cc1. The number of aromatic nitrogens is 1. The van der Waals surface area contributed by atoms with Gasteiger partial charge in [0.1, 0.15) is 72.2 Å². The number of phenols is 1. The van der Waals surface area contributed by atoms with Gasteiger partial charge in [-0.05, 0) is 116 Å². The zero-order valence-electron chi connectivity index (χ0n) is 64.9. The van der Waals surface area contributed by atoms with E-state index in [1.165, 1.54) is 31.2 Å². The number of amides is 12. The summed E-state index contributed by atoms with van der Waals surface area (Å²) in [5.41, 5.74) is 16.4. The highest BCUT2D eigenvalue weighted by molar-refractivity contribution is 8.76. The first kappa shape index (κ1) is 90.6. The second kappa shape index (κ2) is 46.0. The molecule has 0 spiro atoms. The molecule has 35 heteroatoms. The summed E-state index contributed by atoms with van der Waals surface area (Å²) in [4.78, 5) is 195. The van der Waals surface area contributed by atoms with Crippen molar-refractivity contribution in [1.82, 2.24) is 74.1 Å². The van der Waals surface area contributed by atoms with E-state index < -0.39 is 181 Å². The topological polar surface area (TPSA) is 527 Å². The lowest BCUT2D eigenvalue weighted by molar-refractivity contribution is -0.142. The van der Waals surface area contributed by atoms with E-state index in [1.54, 1.807) is 103 Å². The molecule has 2 aliphatic heterocycles. The van der Waals surface area contributed by atoms with E-state index in [9.17, 15) is 54.0 Å². The Balaban J connectivity index is 1.25. The minimum absolute atomic E-state index is 0.0265. The molecular formula is C81H106N16O17S2. The number of carbonyl (C=O) groups is 13. The molecule has 12 amide bonds. The van der Waals surface area contributed by atoms with E-state index in [0.29, 0.717) is 51.7 Å². The average Bonchev–Trinajstić information content (AvgIpc) is 1.66. The van der Waals surface area contributed by atoms with Crippen LogP contribution in [0.15, 0.2) is 140 Å². The molecule has 1 aromatic heterocycles. The molecule has 3 heterocycles. The van der Waals surface area contributed by atoms with Crippen LogP contribution in [0.2, 0.25) is 0 Å². The Morgan fingerprint density at radius 3 is 1.62 bits per heavy atom. The van der Waals surface area contributed by atoms with Gasteiger partial charge in [0, 0.05) is 79.8 Å². The van der Waals surface area contributed by atoms with Gasteiger partial charge in [0.05, 0.1) is 18.8 Å². The number of aliphatic hydroxyl groups is 2. The van der Waals surface area contributed by atoms with Gasteiger partial charge in [-0.3, -0.25) is 57.5 Å². The Bertz CT molecular complexity index is 4320. The predicted octanol–water partition coefficient (Wildman–Crippen LogP) is -0.393. The molecular weight excluding hydrogens is 1530 g/mol. The summed E-state index contributed by atoms with van der Waals surface area (Å²) in [6.07, 6.45) is -1.84. The number of aromatic amines is 1. The second-order valence-electron chi connectivity index (χ2n) is 29.1. The first-order chi connectivity index (χ1) is 55.6. The number of phenolic OH excluding ortho intramolecular Hbond substituents is 1. The van der Waals surface area contributed by atoms with Crippen molar-refractivity contribution < 1.29 is 82.8 Å². The van der Waals surface area contributed by atoms with Gasteiger partial charge in [0.25, 0.3) is 0 Å². The van der Waals surface area contributed by atoms with Crippen molar-refractivity contribution in [1.29, 1.82) is 0 Å². The maximum absolute atomic E-state index is 15.6. The van der Waals surface area contributed by atoms with Crippen molar-refractivity contribution >= 4 is 109 Å². The zero-order valence-corrected chi connectivity index (χ0v) is 66.5. The minimum atomic E-state index is -1.88. The molecule has 0 saturated carbocycles. The van der Waals surface area contributed by atoms with Crippen LogP contribution in [-0.2, 0) is 101 Å². The van der Waals surface area contributed by atoms with Gasteiger partial charge in [-0.1, -0.05) is 151 Å². The number of H-pyrrole nitrogens is 1. The number of carbonyl (C=O) groups excluding carboxylic acids is 12. The Morgan fingerprint density at radius 2 is 1.03 bits per heavy atom. The number of nitrogens with two attached hydrogens (primary N) is 2. The van der Waals surface area contributed by atoms with E-state index in [0.717, 1.165) is 27.2 Å². The van der Waals surface area contributed by atoms with Gasteiger partial charge >= 0.3 is 5.97 Å². The number of hydrogen-bond donors (Lipinski definition) is 20. The van der Waals surface area contributed by atoms with Crippen LogP contribution in [0.25, 0.3) is 10.9 Å². The fourth-order valence-corrected chi connectivity index (χ4v) is 15.2. The van der Waals surface area contributed by atoms with Crippen molar-refractivity contribution in [3.05, 3.63) is 173 Å². The number of unbranched alkanes of at least 4 members (excludes halogenated alkanes) is 1. The lowest BCUT2D eigenvalue weighted by Crippen LogP contribution is -2.63. The van der Waals surface area contributed by atoms with Crippen LogP contribution in [-0.4, -0.2) is 218 Å². The van der Waals surface area contributed by atoms with Gasteiger partial charge in [0.15, 0.2) is 0 Å². The number of aromatic hydroxyl groups is 1. The maximum atomic E-state index is 15.6. The quantitative estimate of drug-likeness (QED) is 0.0304. The third kappa shape index (κ3) is 28.8. The summed E-state index contributed by atoms with van der Waals surface area (Å²) < 4.78 is 0. The summed E-state index contributed by atoms with van der Waals surface area (Å²) in [7, 11) is 1.69. The van der Waals surface area contributed by atoms with Gasteiger partial charge in [-0.2, -0.15) is 0 Å². The molecule has 2 bridgehead atoms. The molecule has 2 aliphatic rings. The fourth-order valence-electron chi connectivity index (χ4n) is 12.9. The van der Waals surface area contributed by atoms with E-state index in [2.05, 4.69) is 74.1 Å². The number of rotatable bonds is 22. The molecule has 13 atom stereocenters. The summed E-state index contributed by atoms with van der Waals surface area (Å²) in [6, 6.07) is 17.3. The molecule has 8 rings (SSSR count). The number of benzene rings is 5. The highest BCUT2D eigenvalue weighted by atomic mass is 33.1. The van der Waals surface area contributed by atoms with Crippen LogP contribution in [0.4, 0.5) is 0 Å². The predicted molar refractivity (Wildman–Crippen MR) is 436 cm³/mol. The number of para-hydroxylation sites is 1. The largest absolute Gasteiger partial charge is 0.508 e. The summed E-state index contributed by atoms with van der Waals surface area (Å²) in [6.45, 7) is 4.59. The third-order valence-corrected chi connectivity index (χ3v) is 22.0. The van der Waals surface area contributed by atoms with Gasteiger partial charge < -0.3 is 106 Å².